The fraction of sp³-hybridized carbons (Fsp3) is 0. The predicted octanol–water partition coefficient (Wildman–Crippen LogP) is 1.17. The third kappa shape index (κ3) is 1.17. The molecule has 4 heteroatoms. The van der Waals surface area contributed by atoms with E-state index in [1.165, 1.54) is 0 Å². The number of hydrogen-bond acceptors (Lipinski definition) is 4. The van der Waals surface area contributed by atoms with Crippen LogP contribution in [0.1, 0.15) is 0 Å². The lowest BCUT2D eigenvalue weighted by atomic mass is 10.1. The quantitative estimate of drug-likeness (QED) is 0.466. The van der Waals surface area contributed by atoms with E-state index in [1.54, 1.807) is 24.3 Å². The molecular formula is C10H12N4. The molecule has 0 aliphatic carbocycles. The molecule has 4 nitrogen and oxygen atoms in total. The van der Waals surface area contributed by atoms with E-state index in [2.05, 4.69) is 0 Å². The Bertz CT molecular complexity index is 416. The number of fused-ring (bicyclic) bond motifs is 1. The lowest BCUT2D eigenvalue weighted by Crippen LogP contribution is -1.97. The predicted molar refractivity (Wildman–Crippen MR) is 61.6 cm³/mol. The maximum Gasteiger partial charge on any atom is 0.0554 e. The van der Waals surface area contributed by atoms with Gasteiger partial charge in [0.15, 0.2) is 0 Å². The Morgan fingerprint density at radius 1 is 0.500 bits per heavy atom. The van der Waals surface area contributed by atoms with Crippen LogP contribution in [0.25, 0.3) is 10.8 Å². The number of rotatable bonds is 0. The minimum absolute atomic E-state index is 0.557. The summed E-state index contributed by atoms with van der Waals surface area (Å²) in [6, 6.07) is 7.17. The monoisotopic (exact) mass is 188 g/mol. The summed E-state index contributed by atoms with van der Waals surface area (Å²) >= 11 is 0. The summed E-state index contributed by atoms with van der Waals surface area (Å²) in [6.07, 6.45) is 0. The van der Waals surface area contributed by atoms with Gasteiger partial charge in [0.25, 0.3) is 0 Å². The lowest BCUT2D eigenvalue weighted by Gasteiger charge is -2.06. The molecule has 0 aromatic heterocycles. The maximum atomic E-state index is 5.68. The van der Waals surface area contributed by atoms with E-state index in [9.17, 15) is 0 Å². The van der Waals surface area contributed by atoms with E-state index in [1.807, 2.05) is 0 Å². The Hall–Kier alpha value is -2.10. The van der Waals surface area contributed by atoms with E-state index in [0.717, 1.165) is 10.8 Å². The van der Waals surface area contributed by atoms with Crippen LogP contribution in [0.2, 0.25) is 0 Å². The molecule has 0 bridgehead atoms. The molecule has 8 N–H and O–H groups in total. The highest BCUT2D eigenvalue weighted by atomic mass is 14.7. The second kappa shape index (κ2) is 2.70. The van der Waals surface area contributed by atoms with Crippen molar-refractivity contribution in [2.75, 3.05) is 22.9 Å². The van der Waals surface area contributed by atoms with E-state index in [0.29, 0.717) is 22.7 Å². The SMILES string of the molecule is Nc1cc2cc(N)c(N)cc2cc1N. The third-order valence-corrected chi connectivity index (χ3v) is 2.24. The molecule has 2 aromatic carbocycles. The standard InChI is InChI=1S/C10H12N4/c11-7-1-5-2-9(13)10(14)4-6(5)3-8(7)12/h1-4H,11-14H2. The van der Waals surface area contributed by atoms with E-state index in [-0.39, 0.29) is 0 Å². The van der Waals surface area contributed by atoms with Crippen molar-refractivity contribution in [2.45, 2.75) is 0 Å². The van der Waals surface area contributed by atoms with Crippen LogP contribution in [-0.4, -0.2) is 0 Å². The number of anilines is 4. The Kier molecular flexibility index (Phi) is 1.64. The molecule has 0 unspecified atom stereocenters. The summed E-state index contributed by atoms with van der Waals surface area (Å²) in [5.74, 6) is 0. The molecule has 0 aliphatic heterocycles. The van der Waals surface area contributed by atoms with Crippen LogP contribution in [0.4, 0.5) is 22.7 Å². The zero-order valence-electron chi connectivity index (χ0n) is 7.62. The number of nitrogens with two attached hydrogens (primary N) is 4. The Morgan fingerprint density at radius 3 is 0.929 bits per heavy atom. The largest absolute Gasteiger partial charge is 0.397 e. The van der Waals surface area contributed by atoms with Gasteiger partial charge in [0.2, 0.25) is 0 Å². The highest BCUT2D eigenvalue weighted by Crippen LogP contribution is 2.28. The molecule has 0 heterocycles. The van der Waals surface area contributed by atoms with Crippen LogP contribution in [-0.2, 0) is 0 Å². The number of nitrogen functional groups attached to an aromatic ring is 4. The second-order valence-electron chi connectivity index (χ2n) is 3.31. The van der Waals surface area contributed by atoms with Crippen LogP contribution in [0.15, 0.2) is 24.3 Å². The molecular weight excluding hydrogens is 176 g/mol. The van der Waals surface area contributed by atoms with Gasteiger partial charge in [0, 0.05) is 0 Å². The summed E-state index contributed by atoms with van der Waals surface area (Å²) in [7, 11) is 0. The molecule has 72 valence electrons. The fourth-order valence-corrected chi connectivity index (χ4v) is 1.42. The van der Waals surface area contributed by atoms with Gasteiger partial charge in [0.05, 0.1) is 22.7 Å². The van der Waals surface area contributed by atoms with Crippen molar-refractivity contribution >= 4 is 33.5 Å². The van der Waals surface area contributed by atoms with Gasteiger partial charge in [-0.15, -0.1) is 0 Å². The number of benzene rings is 2. The molecule has 0 spiro atoms. The highest BCUT2D eigenvalue weighted by molar-refractivity contribution is 5.95. The van der Waals surface area contributed by atoms with Crippen LogP contribution in [0.5, 0.6) is 0 Å². The van der Waals surface area contributed by atoms with Crippen molar-refractivity contribution < 1.29 is 0 Å². The fourth-order valence-electron chi connectivity index (χ4n) is 1.42. The van der Waals surface area contributed by atoms with Crippen LogP contribution >= 0.6 is 0 Å². The van der Waals surface area contributed by atoms with Gasteiger partial charge in [-0.25, -0.2) is 0 Å². The summed E-state index contributed by atoms with van der Waals surface area (Å²) in [5.41, 5.74) is 24.9. The Labute approximate surface area is 81.5 Å². The first-order chi connectivity index (χ1) is 6.58. The normalized spacial score (nSPS) is 10.6. The van der Waals surface area contributed by atoms with Crippen molar-refractivity contribution in [3.05, 3.63) is 24.3 Å². The summed E-state index contributed by atoms with van der Waals surface area (Å²) in [4.78, 5) is 0. The average Bonchev–Trinajstić information content (AvgIpc) is 2.11. The summed E-state index contributed by atoms with van der Waals surface area (Å²) < 4.78 is 0. The molecule has 2 aromatic rings. The molecule has 0 radical (unpaired) electrons. The van der Waals surface area contributed by atoms with Crippen molar-refractivity contribution in [3.8, 4) is 0 Å². The Balaban J connectivity index is 2.83. The van der Waals surface area contributed by atoms with Gasteiger partial charge < -0.3 is 22.9 Å². The molecule has 0 atom stereocenters. The first-order valence-corrected chi connectivity index (χ1v) is 4.21. The minimum Gasteiger partial charge on any atom is -0.397 e. The average molecular weight is 188 g/mol. The van der Waals surface area contributed by atoms with Gasteiger partial charge in [-0.3, -0.25) is 0 Å². The van der Waals surface area contributed by atoms with E-state index < -0.39 is 0 Å². The van der Waals surface area contributed by atoms with Crippen molar-refractivity contribution in [1.82, 2.24) is 0 Å². The molecule has 2 rings (SSSR count). The van der Waals surface area contributed by atoms with Crippen LogP contribution < -0.4 is 22.9 Å². The number of hydrogen-bond donors (Lipinski definition) is 4. The minimum atomic E-state index is 0.557. The Morgan fingerprint density at radius 2 is 0.714 bits per heavy atom. The molecule has 0 saturated carbocycles. The van der Waals surface area contributed by atoms with Crippen LogP contribution in [0.3, 0.4) is 0 Å². The van der Waals surface area contributed by atoms with Gasteiger partial charge in [0.1, 0.15) is 0 Å². The molecule has 0 amide bonds. The molecule has 0 fully saturated rings. The zero-order chi connectivity index (χ0) is 10.3. The zero-order valence-corrected chi connectivity index (χ0v) is 7.62. The third-order valence-electron chi connectivity index (χ3n) is 2.24. The van der Waals surface area contributed by atoms with E-state index in [4.69, 9.17) is 22.9 Å². The van der Waals surface area contributed by atoms with Gasteiger partial charge in [-0.1, -0.05) is 0 Å². The van der Waals surface area contributed by atoms with Crippen molar-refractivity contribution in [3.63, 3.8) is 0 Å². The maximum absolute atomic E-state index is 5.68. The van der Waals surface area contributed by atoms with E-state index >= 15 is 0 Å². The van der Waals surface area contributed by atoms with Crippen LogP contribution in [0, 0.1) is 0 Å². The van der Waals surface area contributed by atoms with Gasteiger partial charge in [-0.2, -0.15) is 0 Å². The summed E-state index contributed by atoms with van der Waals surface area (Å²) in [5, 5.41) is 1.90. The molecule has 14 heavy (non-hydrogen) atoms. The first kappa shape index (κ1) is 8.50. The van der Waals surface area contributed by atoms with Gasteiger partial charge in [-0.05, 0) is 35.0 Å². The van der Waals surface area contributed by atoms with Crippen molar-refractivity contribution in [1.29, 1.82) is 0 Å². The molecule has 0 aliphatic rings. The molecule has 0 saturated heterocycles. The highest BCUT2D eigenvalue weighted by Gasteiger charge is 2.02. The summed E-state index contributed by atoms with van der Waals surface area (Å²) in [6.45, 7) is 0. The van der Waals surface area contributed by atoms with Crippen molar-refractivity contribution in [2.24, 2.45) is 0 Å². The van der Waals surface area contributed by atoms with Gasteiger partial charge >= 0.3 is 0 Å². The smallest absolute Gasteiger partial charge is 0.0554 e. The second-order valence-corrected chi connectivity index (χ2v) is 3.31. The lowest BCUT2D eigenvalue weighted by molar-refractivity contribution is 1.68. The topological polar surface area (TPSA) is 104 Å². The first-order valence-electron chi connectivity index (χ1n) is 4.21.